The van der Waals surface area contributed by atoms with E-state index in [9.17, 15) is 9.90 Å². The number of β-amino-alcohol motifs (C(OH)–C–C–N with tert-alkyl or cyclic N) is 1. The van der Waals surface area contributed by atoms with Crippen molar-refractivity contribution in [2.45, 2.75) is 71.1 Å². The number of halogens is 1. The van der Waals surface area contributed by atoms with Crippen LogP contribution in [0.4, 0.5) is 5.95 Å². The molecule has 1 aliphatic carbocycles. The number of hydrogen-bond acceptors (Lipinski definition) is 8. The van der Waals surface area contributed by atoms with Gasteiger partial charge >= 0.3 is 5.76 Å². The fourth-order valence-corrected chi connectivity index (χ4v) is 6.34. The molecule has 0 amide bonds. The van der Waals surface area contributed by atoms with Crippen molar-refractivity contribution in [2.75, 3.05) is 11.4 Å². The second-order valence-electron chi connectivity index (χ2n) is 11.0. The molecule has 6 rings (SSSR count). The van der Waals surface area contributed by atoms with E-state index < -0.39 is 11.9 Å². The van der Waals surface area contributed by atoms with Gasteiger partial charge in [-0.1, -0.05) is 36.5 Å². The van der Waals surface area contributed by atoms with Crippen LogP contribution in [-0.2, 0) is 0 Å². The number of fused-ring (bicyclic) bond motifs is 1. The van der Waals surface area contributed by atoms with E-state index in [4.69, 9.17) is 26.1 Å². The van der Waals surface area contributed by atoms with Gasteiger partial charge in [-0.3, -0.25) is 14.5 Å². The highest BCUT2D eigenvalue weighted by atomic mass is 35.5. The summed E-state index contributed by atoms with van der Waals surface area (Å²) in [6.45, 7) is 7.24. The molecule has 11 heteroatoms. The maximum Gasteiger partial charge on any atom is 0.439 e. The predicted molar refractivity (Wildman–Crippen MR) is 145 cm³/mol. The monoisotopic (exact) mass is 537 g/mol. The van der Waals surface area contributed by atoms with Crippen molar-refractivity contribution in [3.63, 3.8) is 0 Å². The lowest BCUT2D eigenvalue weighted by Crippen LogP contribution is -2.32. The first kappa shape index (κ1) is 25.1. The molecule has 0 bridgehead atoms. The number of pyridine rings is 2. The first-order valence-corrected chi connectivity index (χ1v) is 13.7. The van der Waals surface area contributed by atoms with E-state index in [1.807, 2.05) is 12.1 Å². The van der Waals surface area contributed by atoms with Crippen molar-refractivity contribution in [2.24, 2.45) is 11.8 Å². The van der Waals surface area contributed by atoms with Crippen LogP contribution in [0.5, 0.6) is 0 Å². The van der Waals surface area contributed by atoms with Crippen LogP contribution in [0.1, 0.15) is 58.9 Å². The maximum atomic E-state index is 11.7. The van der Waals surface area contributed by atoms with Crippen LogP contribution >= 0.6 is 11.6 Å². The van der Waals surface area contributed by atoms with Crippen molar-refractivity contribution in [1.29, 1.82) is 0 Å². The molecule has 10 nitrogen and oxygen atoms in total. The Balaban J connectivity index is 1.61. The Kier molecular flexibility index (Phi) is 6.47. The summed E-state index contributed by atoms with van der Waals surface area (Å²) in [7, 11) is 0. The number of aromatic amines is 1. The third kappa shape index (κ3) is 4.49. The van der Waals surface area contributed by atoms with Gasteiger partial charge in [0.05, 0.1) is 27.9 Å². The summed E-state index contributed by atoms with van der Waals surface area (Å²) in [5.74, 6) is 1.62. The van der Waals surface area contributed by atoms with Gasteiger partial charge in [-0.15, -0.1) is 0 Å². The second-order valence-corrected chi connectivity index (χ2v) is 11.4. The highest BCUT2D eigenvalue weighted by Crippen LogP contribution is 2.42. The smallest absolute Gasteiger partial charge is 0.391 e. The van der Waals surface area contributed by atoms with Crippen molar-refractivity contribution in [1.82, 2.24) is 29.7 Å². The number of anilines is 1. The fourth-order valence-electron chi connectivity index (χ4n) is 6.16. The molecule has 0 aromatic carbocycles. The maximum absolute atomic E-state index is 11.7. The van der Waals surface area contributed by atoms with E-state index in [1.165, 1.54) is 12.8 Å². The lowest BCUT2D eigenvalue weighted by molar-refractivity contribution is 0.195. The summed E-state index contributed by atoms with van der Waals surface area (Å²) in [6.07, 6.45) is 8.32. The Labute approximate surface area is 225 Å². The highest BCUT2D eigenvalue weighted by Gasteiger charge is 2.35. The number of imidazole rings is 1. The second kappa shape index (κ2) is 9.81. The Morgan fingerprint density at radius 3 is 2.61 bits per heavy atom. The van der Waals surface area contributed by atoms with Crippen molar-refractivity contribution in [3.05, 3.63) is 40.1 Å². The van der Waals surface area contributed by atoms with Crippen LogP contribution in [0.2, 0.25) is 5.02 Å². The van der Waals surface area contributed by atoms with Crippen molar-refractivity contribution in [3.8, 4) is 22.8 Å². The van der Waals surface area contributed by atoms with Gasteiger partial charge in [0.1, 0.15) is 5.69 Å². The molecule has 4 aromatic heterocycles. The molecule has 1 aliphatic heterocycles. The van der Waals surface area contributed by atoms with E-state index in [-0.39, 0.29) is 17.9 Å². The SMILES string of the molecule is CC1CCC(C(C)n2c(N3CC(O)CC3C)nc3cc(-c4noc(=O)[nH]4)nc(-c4cncc(Cl)c4)c32)CC1. The number of rotatable bonds is 5. The molecule has 2 fully saturated rings. The summed E-state index contributed by atoms with van der Waals surface area (Å²) in [5, 5.41) is 14.9. The van der Waals surface area contributed by atoms with E-state index in [1.54, 1.807) is 12.4 Å². The minimum absolute atomic E-state index is 0.134. The molecule has 3 atom stereocenters. The van der Waals surface area contributed by atoms with Gasteiger partial charge in [0.15, 0.2) is 0 Å². The van der Waals surface area contributed by atoms with Gasteiger partial charge in [-0.05, 0) is 57.1 Å². The van der Waals surface area contributed by atoms with Crippen LogP contribution in [0.15, 0.2) is 33.8 Å². The molecule has 38 heavy (non-hydrogen) atoms. The zero-order valence-corrected chi connectivity index (χ0v) is 22.5. The summed E-state index contributed by atoms with van der Waals surface area (Å²) >= 11 is 6.36. The quantitative estimate of drug-likeness (QED) is 0.370. The topological polar surface area (TPSA) is 126 Å². The third-order valence-electron chi connectivity index (χ3n) is 8.27. The molecule has 1 saturated carbocycles. The summed E-state index contributed by atoms with van der Waals surface area (Å²) in [6, 6.07) is 3.95. The summed E-state index contributed by atoms with van der Waals surface area (Å²) in [5.41, 5.74) is 3.41. The van der Waals surface area contributed by atoms with Crippen LogP contribution in [0, 0.1) is 11.8 Å². The molecule has 200 valence electrons. The number of aromatic nitrogens is 6. The van der Waals surface area contributed by atoms with Crippen LogP contribution in [0.3, 0.4) is 0 Å². The Hall–Kier alpha value is -3.24. The number of H-pyrrole nitrogens is 1. The van der Waals surface area contributed by atoms with Gasteiger partial charge in [-0.2, -0.15) is 0 Å². The molecular formula is C27H32ClN7O3. The lowest BCUT2D eigenvalue weighted by Gasteiger charge is -2.34. The van der Waals surface area contributed by atoms with Gasteiger partial charge in [-0.25, -0.2) is 14.8 Å². The van der Waals surface area contributed by atoms with E-state index in [0.29, 0.717) is 40.8 Å². The summed E-state index contributed by atoms with van der Waals surface area (Å²) in [4.78, 5) is 30.9. The summed E-state index contributed by atoms with van der Waals surface area (Å²) < 4.78 is 7.07. The molecule has 0 spiro atoms. The molecule has 2 N–H and O–H groups in total. The Bertz CT molecular complexity index is 1520. The average Bonchev–Trinajstić information content (AvgIpc) is 3.59. The molecule has 1 saturated heterocycles. The van der Waals surface area contributed by atoms with Crippen LogP contribution in [-0.4, -0.2) is 53.5 Å². The van der Waals surface area contributed by atoms with Crippen LogP contribution in [0.25, 0.3) is 33.8 Å². The van der Waals surface area contributed by atoms with E-state index in [0.717, 1.165) is 35.8 Å². The Morgan fingerprint density at radius 1 is 1.16 bits per heavy atom. The van der Waals surface area contributed by atoms with E-state index >= 15 is 0 Å². The predicted octanol–water partition coefficient (Wildman–Crippen LogP) is 4.84. The number of hydrogen-bond donors (Lipinski definition) is 2. The highest BCUT2D eigenvalue weighted by molar-refractivity contribution is 6.30. The average molecular weight is 538 g/mol. The largest absolute Gasteiger partial charge is 0.439 e. The number of aliphatic hydroxyl groups is 1. The Morgan fingerprint density at radius 2 is 1.95 bits per heavy atom. The third-order valence-corrected chi connectivity index (χ3v) is 8.48. The number of nitrogens with one attached hydrogen (secondary N) is 1. The molecule has 0 radical (unpaired) electrons. The standard InChI is InChI=1S/C27H32ClN7O3/c1-14-4-6-17(7-5-14)16(3)35-24-21(31-26(35)34-13-20(36)8-15(34)2)10-22(25-32-27(37)38-33-25)30-23(24)18-9-19(28)12-29-11-18/h9-12,14-17,20,36H,4-8,13H2,1-3H3,(H,32,33,37). The zero-order chi connectivity index (χ0) is 26.6. The number of nitrogens with zero attached hydrogens (tertiary/aromatic N) is 6. The van der Waals surface area contributed by atoms with Crippen molar-refractivity contribution < 1.29 is 9.63 Å². The molecule has 4 aromatic rings. The minimum Gasteiger partial charge on any atom is -0.391 e. The molecule has 5 heterocycles. The molecule has 3 unspecified atom stereocenters. The lowest BCUT2D eigenvalue weighted by atomic mass is 9.79. The van der Waals surface area contributed by atoms with Gasteiger partial charge < -0.3 is 14.6 Å². The molecule has 2 aliphatic rings. The first-order chi connectivity index (χ1) is 18.3. The molecular weight excluding hydrogens is 506 g/mol. The first-order valence-electron chi connectivity index (χ1n) is 13.3. The van der Waals surface area contributed by atoms with Crippen LogP contribution < -0.4 is 10.7 Å². The number of aliphatic hydroxyl groups excluding tert-OH is 1. The van der Waals surface area contributed by atoms with Crippen molar-refractivity contribution >= 4 is 28.6 Å². The minimum atomic E-state index is -0.654. The normalized spacial score (nSPS) is 24.8. The fraction of sp³-hybridized carbons (Fsp3) is 0.519. The van der Waals surface area contributed by atoms with Gasteiger partial charge in [0, 0.05) is 36.6 Å². The van der Waals surface area contributed by atoms with E-state index in [2.05, 4.69) is 45.4 Å². The van der Waals surface area contributed by atoms with Gasteiger partial charge in [0.2, 0.25) is 11.8 Å². The van der Waals surface area contributed by atoms with Gasteiger partial charge in [0.25, 0.3) is 0 Å². The zero-order valence-electron chi connectivity index (χ0n) is 21.8.